The van der Waals surface area contributed by atoms with Crippen molar-refractivity contribution in [3.63, 3.8) is 0 Å². The average molecular weight is 450 g/mol. The molecule has 0 amide bonds. The Kier molecular flexibility index (Phi) is 4.64. The van der Waals surface area contributed by atoms with Gasteiger partial charge in [-0.3, -0.25) is 4.79 Å². The number of nitrogens with one attached hydrogen (secondary N) is 1. The molecule has 6 rings (SSSR count). The highest BCUT2D eigenvalue weighted by molar-refractivity contribution is 6.64. The fourth-order valence-electron chi connectivity index (χ4n) is 5.27. The van der Waals surface area contributed by atoms with Crippen LogP contribution in [0.1, 0.15) is 61.5 Å². The van der Waals surface area contributed by atoms with Gasteiger partial charge in [0.25, 0.3) is 0 Å². The topological polar surface area (TPSA) is 64.2 Å². The molecular weight excluding hydrogens is 423 g/mol. The van der Waals surface area contributed by atoms with E-state index < -0.39 is 18.3 Å². The number of Topliss-reactive ketones (excluding diaryl/α,β-unsaturated/α-hetero) is 1. The first-order chi connectivity index (χ1) is 16.3. The van der Waals surface area contributed by atoms with Crippen LogP contribution in [-0.2, 0) is 9.31 Å². The van der Waals surface area contributed by atoms with E-state index in [0.29, 0.717) is 12.0 Å². The third-order valence-electron chi connectivity index (χ3n) is 7.77. The smallest absolute Gasteiger partial charge is 0.399 e. The molecule has 0 bridgehead atoms. The van der Waals surface area contributed by atoms with E-state index in [-0.39, 0.29) is 11.7 Å². The maximum absolute atomic E-state index is 13.6. The number of pyridine rings is 1. The minimum absolute atomic E-state index is 0.0248. The van der Waals surface area contributed by atoms with Crippen molar-refractivity contribution < 1.29 is 14.1 Å². The summed E-state index contributed by atoms with van der Waals surface area (Å²) in [6.07, 6.45) is 3.91. The molecule has 0 saturated carbocycles. The Morgan fingerprint density at radius 3 is 2.50 bits per heavy atom. The van der Waals surface area contributed by atoms with Crippen LogP contribution in [0.15, 0.2) is 67.0 Å². The molecule has 1 unspecified atom stereocenters. The van der Waals surface area contributed by atoms with Gasteiger partial charge < -0.3 is 14.3 Å². The summed E-state index contributed by atoms with van der Waals surface area (Å²) in [6.45, 7) is 8.29. The summed E-state index contributed by atoms with van der Waals surface area (Å²) in [5.41, 5.74) is 6.25. The minimum Gasteiger partial charge on any atom is -0.399 e. The zero-order valence-corrected chi connectivity index (χ0v) is 19.9. The van der Waals surface area contributed by atoms with Gasteiger partial charge in [-0.05, 0) is 67.5 Å². The number of fused-ring (bicyclic) bond motifs is 4. The molecule has 1 aliphatic heterocycles. The highest BCUT2D eigenvalue weighted by Gasteiger charge is 2.53. The molecule has 1 N–H and O–H groups in total. The number of nitrogens with zero attached hydrogens (tertiary/aromatic N) is 1. The molecule has 2 aliphatic rings. The van der Waals surface area contributed by atoms with Gasteiger partial charge in [0.2, 0.25) is 0 Å². The molecular formula is C28H27BN2O3. The number of H-pyrrole nitrogens is 1. The summed E-state index contributed by atoms with van der Waals surface area (Å²) in [6, 6.07) is 18.4. The first-order valence-corrected chi connectivity index (χ1v) is 11.8. The van der Waals surface area contributed by atoms with Gasteiger partial charge in [0.1, 0.15) is 5.65 Å². The van der Waals surface area contributed by atoms with Crippen LogP contribution in [0.4, 0.5) is 0 Å². The van der Waals surface area contributed by atoms with Crippen molar-refractivity contribution in [3.8, 4) is 11.1 Å². The van der Waals surface area contributed by atoms with Crippen LogP contribution in [0.2, 0.25) is 0 Å². The Morgan fingerprint density at radius 1 is 0.971 bits per heavy atom. The number of carbonyl (C=O) groups is 1. The van der Waals surface area contributed by atoms with E-state index in [1.54, 1.807) is 6.20 Å². The van der Waals surface area contributed by atoms with Crippen LogP contribution in [-0.4, -0.2) is 34.1 Å². The summed E-state index contributed by atoms with van der Waals surface area (Å²) < 4.78 is 12.8. The summed E-state index contributed by atoms with van der Waals surface area (Å²) >= 11 is 0. The van der Waals surface area contributed by atoms with Gasteiger partial charge in [-0.1, -0.05) is 42.5 Å². The molecule has 34 heavy (non-hydrogen) atoms. The van der Waals surface area contributed by atoms with Gasteiger partial charge in [-0.15, -0.1) is 0 Å². The highest BCUT2D eigenvalue weighted by Crippen LogP contribution is 2.47. The molecule has 2 aromatic carbocycles. The zero-order chi connectivity index (χ0) is 23.7. The second-order valence-electron chi connectivity index (χ2n) is 10.3. The summed E-state index contributed by atoms with van der Waals surface area (Å²) in [5.74, 6) is 0.0870. The molecule has 170 valence electrons. The van der Waals surface area contributed by atoms with E-state index >= 15 is 0 Å². The second-order valence-corrected chi connectivity index (χ2v) is 10.3. The van der Waals surface area contributed by atoms with Crippen molar-refractivity contribution in [1.29, 1.82) is 0 Å². The number of aromatic amines is 1. The molecule has 2 aromatic heterocycles. The number of carbonyl (C=O) groups excluding carboxylic acids is 1. The average Bonchev–Trinajstić information content (AvgIpc) is 3.47. The Balaban J connectivity index is 1.43. The predicted octanol–water partition coefficient (Wildman–Crippen LogP) is 5.25. The number of hydrogen-bond acceptors (Lipinski definition) is 4. The van der Waals surface area contributed by atoms with Crippen LogP contribution < -0.4 is 5.46 Å². The van der Waals surface area contributed by atoms with E-state index in [2.05, 4.69) is 74.1 Å². The van der Waals surface area contributed by atoms with E-state index in [1.165, 1.54) is 5.56 Å². The Morgan fingerprint density at radius 2 is 1.71 bits per heavy atom. The third-order valence-corrected chi connectivity index (χ3v) is 7.77. The first kappa shape index (κ1) is 21.3. The fraction of sp³-hybridized carbons (Fsp3) is 0.286. The van der Waals surface area contributed by atoms with Crippen LogP contribution >= 0.6 is 0 Å². The lowest BCUT2D eigenvalue weighted by molar-refractivity contribution is 0.00578. The molecule has 1 aliphatic carbocycles. The van der Waals surface area contributed by atoms with Crippen LogP contribution in [0.3, 0.4) is 0 Å². The summed E-state index contributed by atoms with van der Waals surface area (Å²) in [5, 5.41) is 0.866. The zero-order valence-electron chi connectivity index (χ0n) is 19.9. The molecule has 1 atom stereocenters. The van der Waals surface area contributed by atoms with Crippen molar-refractivity contribution in [1.82, 2.24) is 9.97 Å². The van der Waals surface area contributed by atoms with E-state index in [0.717, 1.165) is 33.2 Å². The third kappa shape index (κ3) is 3.09. The Labute approximate surface area is 199 Å². The lowest BCUT2D eigenvalue weighted by Crippen LogP contribution is -2.41. The second kappa shape index (κ2) is 7.39. The van der Waals surface area contributed by atoms with Gasteiger partial charge in [0, 0.05) is 35.7 Å². The highest BCUT2D eigenvalue weighted by atomic mass is 16.7. The quantitative estimate of drug-likeness (QED) is 0.341. The van der Waals surface area contributed by atoms with Crippen LogP contribution in [0.5, 0.6) is 0 Å². The van der Waals surface area contributed by atoms with Crippen molar-refractivity contribution >= 4 is 29.4 Å². The lowest BCUT2D eigenvalue weighted by Gasteiger charge is -2.32. The number of benzene rings is 2. The van der Waals surface area contributed by atoms with Crippen molar-refractivity contribution in [2.75, 3.05) is 0 Å². The SMILES string of the molecule is CC1(C)OB(c2cccc3c2-c2ccccc2C3CC(=O)c2ccnc3[nH]ccc23)OC1(C)C. The lowest BCUT2D eigenvalue weighted by atomic mass is 9.74. The van der Waals surface area contributed by atoms with Crippen molar-refractivity contribution in [3.05, 3.63) is 83.7 Å². The molecule has 0 radical (unpaired) electrons. The van der Waals surface area contributed by atoms with E-state index in [4.69, 9.17) is 9.31 Å². The number of hydrogen-bond donors (Lipinski definition) is 1. The normalized spacial score (nSPS) is 19.9. The molecule has 6 heteroatoms. The molecule has 1 fully saturated rings. The number of ketones is 1. The number of rotatable bonds is 4. The monoisotopic (exact) mass is 450 g/mol. The fourth-order valence-corrected chi connectivity index (χ4v) is 5.27. The van der Waals surface area contributed by atoms with E-state index in [9.17, 15) is 4.79 Å². The summed E-state index contributed by atoms with van der Waals surface area (Å²) in [4.78, 5) is 21.0. The van der Waals surface area contributed by atoms with Crippen LogP contribution in [0.25, 0.3) is 22.2 Å². The molecule has 5 nitrogen and oxygen atoms in total. The molecule has 0 spiro atoms. The van der Waals surface area contributed by atoms with Crippen LogP contribution in [0, 0.1) is 0 Å². The molecule has 3 heterocycles. The summed E-state index contributed by atoms with van der Waals surface area (Å²) in [7, 11) is -0.456. The molecule has 1 saturated heterocycles. The van der Waals surface area contributed by atoms with Gasteiger partial charge in [0.05, 0.1) is 11.2 Å². The Hall–Kier alpha value is -3.22. The predicted molar refractivity (Wildman–Crippen MR) is 134 cm³/mol. The van der Waals surface area contributed by atoms with Crippen molar-refractivity contribution in [2.45, 2.75) is 51.2 Å². The van der Waals surface area contributed by atoms with Crippen molar-refractivity contribution in [2.24, 2.45) is 0 Å². The number of aromatic nitrogens is 2. The Bertz CT molecular complexity index is 1420. The largest absolute Gasteiger partial charge is 0.495 e. The maximum atomic E-state index is 13.6. The van der Waals surface area contributed by atoms with Gasteiger partial charge >= 0.3 is 7.12 Å². The maximum Gasteiger partial charge on any atom is 0.495 e. The standard InChI is InChI=1S/C28H27BN2O3/c1-27(2)28(3,4)34-29(33-27)23-11-7-10-20-22(17-8-5-6-9-19(17)25(20)23)16-24(32)18-12-14-30-26-21(18)13-15-31-26/h5-15,22H,16H2,1-4H3,(H,30,31). The molecule has 4 aromatic rings. The van der Waals surface area contributed by atoms with Gasteiger partial charge in [-0.2, -0.15) is 0 Å². The van der Waals surface area contributed by atoms with E-state index in [1.807, 2.05) is 24.4 Å². The first-order valence-electron chi connectivity index (χ1n) is 11.8. The minimum atomic E-state index is -0.456. The van der Waals surface area contributed by atoms with Gasteiger partial charge in [0.15, 0.2) is 5.78 Å². The van der Waals surface area contributed by atoms with Gasteiger partial charge in [-0.25, -0.2) is 4.98 Å².